The van der Waals surface area contributed by atoms with E-state index < -0.39 is 0 Å². The summed E-state index contributed by atoms with van der Waals surface area (Å²) in [6, 6.07) is 1.42. The third kappa shape index (κ3) is 5.19. The van der Waals surface area contributed by atoms with Gasteiger partial charge in [-0.25, -0.2) is 0 Å². The van der Waals surface area contributed by atoms with Gasteiger partial charge in [0.25, 0.3) is 0 Å². The van der Waals surface area contributed by atoms with Crippen molar-refractivity contribution in [3.05, 3.63) is 11.6 Å². The third-order valence-corrected chi connectivity index (χ3v) is 4.92. The summed E-state index contributed by atoms with van der Waals surface area (Å²) in [5.74, 6) is 0.568. The summed E-state index contributed by atoms with van der Waals surface area (Å²) in [4.78, 5) is 2.56. The highest BCUT2D eigenvalue weighted by molar-refractivity contribution is 4.96. The topological polar surface area (TPSA) is 35.5 Å². The lowest BCUT2D eigenvalue weighted by Crippen LogP contribution is -2.47. The number of aliphatic hydroxyl groups excluding tert-OH is 1. The van der Waals surface area contributed by atoms with Crippen LogP contribution in [0.25, 0.3) is 0 Å². The van der Waals surface area contributed by atoms with Gasteiger partial charge in [0.2, 0.25) is 0 Å². The largest absolute Gasteiger partial charge is 0.396 e. The maximum Gasteiger partial charge on any atom is 0.0459 e. The lowest BCUT2D eigenvalue weighted by Gasteiger charge is -2.36. The van der Waals surface area contributed by atoms with E-state index in [2.05, 4.69) is 30.1 Å². The zero-order valence-corrected chi connectivity index (χ0v) is 13.3. The van der Waals surface area contributed by atoms with Crippen molar-refractivity contribution >= 4 is 0 Å². The van der Waals surface area contributed by atoms with Crippen molar-refractivity contribution in [2.24, 2.45) is 5.92 Å². The molecule has 0 bridgehead atoms. The van der Waals surface area contributed by atoms with Crippen LogP contribution in [0.5, 0.6) is 0 Å². The van der Waals surface area contributed by atoms with E-state index in [0.29, 0.717) is 24.6 Å². The van der Waals surface area contributed by atoms with Crippen LogP contribution in [-0.2, 0) is 0 Å². The van der Waals surface area contributed by atoms with Crippen molar-refractivity contribution in [1.29, 1.82) is 0 Å². The molecule has 1 aliphatic carbocycles. The summed E-state index contributed by atoms with van der Waals surface area (Å²) in [6.07, 6.45) is 9.82. The summed E-state index contributed by atoms with van der Waals surface area (Å²) >= 11 is 0. The Morgan fingerprint density at radius 1 is 1.05 bits per heavy atom. The first-order valence-electron chi connectivity index (χ1n) is 8.40. The van der Waals surface area contributed by atoms with Gasteiger partial charge >= 0.3 is 0 Å². The molecule has 1 saturated carbocycles. The van der Waals surface area contributed by atoms with Crippen molar-refractivity contribution in [1.82, 2.24) is 10.2 Å². The second kappa shape index (κ2) is 8.16. The molecule has 2 fully saturated rings. The Hall–Kier alpha value is -0.380. The Balaban J connectivity index is 1.63. The van der Waals surface area contributed by atoms with E-state index in [9.17, 15) is 5.11 Å². The van der Waals surface area contributed by atoms with Crippen LogP contribution in [0.1, 0.15) is 52.4 Å². The van der Waals surface area contributed by atoms with E-state index in [4.69, 9.17) is 0 Å². The van der Waals surface area contributed by atoms with E-state index in [0.717, 1.165) is 6.54 Å². The van der Waals surface area contributed by atoms with Crippen molar-refractivity contribution in [3.63, 3.8) is 0 Å². The number of hydrogen-bond donors (Lipinski definition) is 2. The quantitative estimate of drug-likeness (QED) is 0.760. The highest BCUT2D eigenvalue weighted by Gasteiger charge is 2.24. The van der Waals surface area contributed by atoms with Gasteiger partial charge in [-0.15, -0.1) is 0 Å². The van der Waals surface area contributed by atoms with Gasteiger partial charge < -0.3 is 10.4 Å². The molecule has 0 aromatic heterocycles. The van der Waals surface area contributed by atoms with Crippen LogP contribution in [0.2, 0.25) is 0 Å². The molecule has 20 heavy (non-hydrogen) atoms. The Bertz CT molecular complexity index is 296. The predicted molar refractivity (Wildman–Crippen MR) is 84.9 cm³/mol. The first-order valence-corrected chi connectivity index (χ1v) is 8.40. The van der Waals surface area contributed by atoms with Crippen molar-refractivity contribution in [3.8, 4) is 0 Å². The summed E-state index contributed by atoms with van der Waals surface area (Å²) < 4.78 is 0. The molecular formula is C17H32N2O. The number of likely N-dealkylation sites (tertiary alicyclic amines) is 1. The fraction of sp³-hybridized carbons (Fsp3) is 0.882. The number of aliphatic hydroxyl groups is 1. The summed E-state index contributed by atoms with van der Waals surface area (Å²) in [7, 11) is 0. The van der Waals surface area contributed by atoms with E-state index in [-0.39, 0.29) is 0 Å². The van der Waals surface area contributed by atoms with Crippen molar-refractivity contribution in [2.75, 3.05) is 26.2 Å². The van der Waals surface area contributed by atoms with E-state index in [1.807, 2.05) is 0 Å². The second-order valence-electron chi connectivity index (χ2n) is 6.92. The average Bonchev–Trinajstić information content (AvgIpc) is 2.47. The molecule has 3 heteroatoms. The molecule has 1 heterocycles. The predicted octanol–water partition coefficient (Wildman–Crippen LogP) is 2.56. The van der Waals surface area contributed by atoms with Gasteiger partial charge in [0.05, 0.1) is 0 Å². The highest BCUT2D eigenvalue weighted by Crippen LogP contribution is 2.25. The van der Waals surface area contributed by atoms with E-state index in [1.165, 1.54) is 57.2 Å². The number of rotatable bonds is 5. The molecule has 0 atom stereocenters. The zero-order valence-electron chi connectivity index (χ0n) is 13.3. The van der Waals surface area contributed by atoms with Gasteiger partial charge in [-0.05, 0) is 71.4 Å². The first-order chi connectivity index (χ1) is 9.67. The van der Waals surface area contributed by atoms with Crippen LogP contribution >= 0.6 is 0 Å². The molecule has 0 aromatic rings. The normalized spacial score (nSPS) is 29.4. The van der Waals surface area contributed by atoms with Gasteiger partial charge in [0.1, 0.15) is 0 Å². The Labute approximate surface area is 124 Å². The van der Waals surface area contributed by atoms with Gasteiger partial charge in [-0.1, -0.05) is 11.6 Å². The first kappa shape index (κ1) is 16.0. The molecule has 0 amide bonds. The van der Waals surface area contributed by atoms with Gasteiger partial charge in [-0.2, -0.15) is 0 Å². The lowest BCUT2D eigenvalue weighted by molar-refractivity contribution is 0.158. The molecule has 2 aliphatic rings. The maximum absolute atomic E-state index is 9.19. The minimum absolute atomic E-state index is 0.384. The summed E-state index contributed by atoms with van der Waals surface area (Å²) in [6.45, 7) is 8.32. The fourth-order valence-electron chi connectivity index (χ4n) is 3.44. The van der Waals surface area contributed by atoms with Crippen molar-refractivity contribution < 1.29 is 5.11 Å². The molecular weight excluding hydrogens is 248 g/mol. The molecule has 1 saturated heterocycles. The number of nitrogens with one attached hydrogen (secondary N) is 1. The summed E-state index contributed by atoms with van der Waals surface area (Å²) in [5, 5.41) is 13.1. The van der Waals surface area contributed by atoms with Crippen LogP contribution in [0.3, 0.4) is 0 Å². The number of hydrogen-bond acceptors (Lipinski definition) is 3. The van der Waals surface area contributed by atoms with Crippen LogP contribution in [0, 0.1) is 5.92 Å². The molecule has 0 unspecified atom stereocenters. The molecule has 0 radical (unpaired) electrons. The van der Waals surface area contributed by atoms with E-state index >= 15 is 0 Å². The summed E-state index contributed by atoms with van der Waals surface area (Å²) in [5.41, 5.74) is 1.42. The molecule has 3 nitrogen and oxygen atoms in total. The van der Waals surface area contributed by atoms with Gasteiger partial charge in [0.15, 0.2) is 0 Å². The number of allylic oxidation sites excluding steroid dienone is 1. The van der Waals surface area contributed by atoms with Crippen molar-refractivity contribution in [2.45, 2.75) is 64.5 Å². The Kier molecular flexibility index (Phi) is 6.53. The number of piperidine rings is 1. The molecule has 0 aromatic carbocycles. The monoisotopic (exact) mass is 280 g/mol. The minimum atomic E-state index is 0.384. The molecule has 0 spiro atoms. The van der Waals surface area contributed by atoms with Gasteiger partial charge in [-0.3, -0.25) is 4.90 Å². The molecule has 1 aliphatic heterocycles. The molecule has 2 N–H and O–H groups in total. The maximum atomic E-state index is 9.19. The van der Waals surface area contributed by atoms with Crippen LogP contribution < -0.4 is 5.32 Å². The van der Waals surface area contributed by atoms with Crippen LogP contribution in [-0.4, -0.2) is 48.3 Å². The average molecular weight is 280 g/mol. The fourth-order valence-corrected chi connectivity index (χ4v) is 3.44. The second-order valence-corrected chi connectivity index (χ2v) is 6.92. The van der Waals surface area contributed by atoms with Gasteiger partial charge in [0, 0.05) is 25.2 Å². The minimum Gasteiger partial charge on any atom is -0.396 e. The van der Waals surface area contributed by atoms with E-state index in [1.54, 1.807) is 0 Å². The smallest absolute Gasteiger partial charge is 0.0459 e. The standard InChI is InChI=1S/C17H32N2O/c1-14(2)7-10-19-11-8-17(9-12-19)18-16-5-3-15(13-20)4-6-16/h7,15-18,20H,3-6,8-13H2,1-2H3. The molecule has 2 rings (SSSR count). The number of nitrogens with zero attached hydrogens (tertiary/aromatic N) is 1. The lowest BCUT2D eigenvalue weighted by atomic mass is 9.86. The third-order valence-electron chi connectivity index (χ3n) is 4.92. The SMILES string of the molecule is CC(C)=CCN1CCC(NC2CCC(CO)CC2)CC1. The molecule has 116 valence electrons. The van der Waals surface area contributed by atoms with Crippen LogP contribution in [0.15, 0.2) is 11.6 Å². The highest BCUT2D eigenvalue weighted by atomic mass is 16.3. The zero-order chi connectivity index (χ0) is 14.4. The Morgan fingerprint density at radius 2 is 1.65 bits per heavy atom. The van der Waals surface area contributed by atoms with Crippen LogP contribution in [0.4, 0.5) is 0 Å². The Morgan fingerprint density at radius 3 is 2.20 bits per heavy atom.